The lowest BCUT2D eigenvalue weighted by Crippen LogP contribution is -2.48. The Hall–Kier alpha value is -3.30. The summed E-state index contributed by atoms with van der Waals surface area (Å²) < 4.78 is 25.4. The van der Waals surface area contributed by atoms with Crippen LogP contribution in [0.5, 0.6) is 0 Å². The molecule has 33 heavy (non-hydrogen) atoms. The van der Waals surface area contributed by atoms with Gasteiger partial charge in [0.25, 0.3) is 11.8 Å². The van der Waals surface area contributed by atoms with Crippen LogP contribution in [0.4, 0.5) is 4.39 Å². The maximum Gasteiger partial charge on any atom is 0.270 e. The van der Waals surface area contributed by atoms with Gasteiger partial charge in [0, 0.05) is 30.7 Å². The second-order valence-corrected chi connectivity index (χ2v) is 8.55. The summed E-state index contributed by atoms with van der Waals surface area (Å²) >= 11 is 0. The van der Waals surface area contributed by atoms with E-state index in [-0.39, 0.29) is 30.3 Å². The summed E-state index contributed by atoms with van der Waals surface area (Å²) in [7, 11) is 0. The van der Waals surface area contributed by atoms with Crippen molar-refractivity contribution >= 4 is 22.9 Å². The van der Waals surface area contributed by atoms with Gasteiger partial charge in [0.05, 0.1) is 30.6 Å². The number of carbonyl (C=O) groups is 2. The van der Waals surface area contributed by atoms with Crippen molar-refractivity contribution < 1.29 is 28.2 Å². The summed E-state index contributed by atoms with van der Waals surface area (Å²) in [5, 5.41) is 15.7. The van der Waals surface area contributed by atoms with Gasteiger partial charge in [-0.3, -0.25) is 9.59 Å². The first-order valence-electron chi connectivity index (χ1n) is 11.0. The molecule has 5 rings (SSSR count). The zero-order valence-corrected chi connectivity index (χ0v) is 17.8. The van der Waals surface area contributed by atoms with E-state index in [1.54, 1.807) is 18.2 Å². The molecule has 9 heteroatoms. The first kappa shape index (κ1) is 21.5. The van der Waals surface area contributed by atoms with Crippen molar-refractivity contribution in [2.45, 2.75) is 43.9 Å². The molecule has 1 aliphatic carbocycles. The fraction of sp³-hybridized carbons (Fsp3) is 0.375. The van der Waals surface area contributed by atoms with Crippen molar-refractivity contribution in [1.29, 1.82) is 0 Å². The standard InChI is InChI=1S/C24H24FN3O5/c25-17-10-13(1-4-16(17)23(30)26-15-2-3-15)9-14-11-20(27-19-6-8-33-22(14)19)24(31)28-18-5-7-32-12-21(18)29/h1,4,6,8,10-11,15,18,21,29H,2-3,5,7,9,12H2,(H,26,30)(H,28,31)/t18-,21-/m0/s1. The number of aromatic nitrogens is 1. The highest BCUT2D eigenvalue weighted by atomic mass is 19.1. The Labute approximate surface area is 189 Å². The van der Waals surface area contributed by atoms with Gasteiger partial charge in [-0.05, 0) is 43.0 Å². The zero-order valence-electron chi connectivity index (χ0n) is 17.8. The predicted octanol–water partition coefficient (Wildman–Crippen LogP) is 2.33. The minimum Gasteiger partial charge on any atom is -0.462 e. The summed E-state index contributed by atoms with van der Waals surface area (Å²) in [5.74, 6) is -1.42. The topological polar surface area (TPSA) is 114 Å². The monoisotopic (exact) mass is 453 g/mol. The molecule has 1 aromatic carbocycles. The number of fused-ring (bicyclic) bond motifs is 1. The summed E-state index contributed by atoms with van der Waals surface area (Å²) in [5.41, 5.74) is 2.50. The summed E-state index contributed by atoms with van der Waals surface area (Å²) in [6.07, 6.45) is 3.35. The van der Waals surface area contributed by atoms with Crippen LogP contribution >= 0.6 is 0 Å². The van der Waals surface area contributed by atoms with Gasteiger partial charge in [-0.2, -0.15) is 0 Å². The number of halogens is 1. The molecule has 0 bridgehead atoms. The molecular weight excluding hydrogens is 429 g/mol. The summed E-state index contributed by atoms with van der Waals surface area (Å²) in [6, 6.07) is 7.49. The Morgan fingerprint density at radius 3 is 2.73 bits per heavy atom. The number of rotatable bonds is 6. The van der Waals surface area contributed by atoms with Crippen LogP contribution in [-0.2, 0) is 11.2 Å². The third-order valence-corrected chi connectivity index (χ3v) is 5.95. The van der Waals surface area contributed by atoms with Gasteiger partial charge < -0.3 is 24.9 Å². The van der Waals surface area contributed by atoms with E-state index < -0.39 is 29.8 Å². The summed E-state index contributed by atoms with van der Waals surface area (Å²) in [6.45, 7) is 0.631. The van der Waals surface area contributed by atoms with Gasteiger partial charge in [-0.25, -0.2) is 9.37 Å². The van der Waals surface area contributed by atoms with Crippen LogP contribution in [0.1, 0.15) is 51.2 Å². The van der Waals surface area contributed by atoms with Crippen LogP contribution in [-0.4, -0.2) is 53.3 Å². The number of ether oxygens (including phenoxy) is 1. The number of furan rings is 1. The maximum absolute atomic E-state index is 14.6. The molecule has 8 nitrogen and oxygen atoms in total. The molecule has 0 radical (unpaired) electrons. The van der Waals surface area contributed by atoms with Gasteiger partial charge in [0.2, 0.25) is 0 Å². The van der Waals surface area contributed by atoms with E-state index in [4.69, 9.17) is 9.15 Å². The molecule has 3 aromatic rings. The van der Waals surface area contributed by atoms with E-state index in [1.165, 1.54) is 18.4 Å². The van der Waals surface area contributed by atoms with Crippen molar-refractivity contribution in [3.63, 3.8) is 0 Å². The number of amides is 2. The highest BCUT2D eigenvalue weighted by Crippen LogP contribution is 2.24. The smallest absolute Gasteiger partial charge is 0.270 e. The fourth-order valence-electron chi connectivity index (χ4n) is 3.97. The number of hydrogen-bond acceptors (Lipinski definition) is 6. The van der Waals surface area contributed by atoms with Gasteiger partial charge in [0.1, 0.15) is 17.0 Å². The Balaban J connectivity index is 1.37. The van der Waals surface area contributed by atoms with Crippen molar-refractivity contribution in [3.05, 3.63) is 64.8 Å². The van der Waals surface area contributed by atoms with Crippen molar-refractivity contribution in [3.8, 4) is 0 Å². The Morgan fingerprint density at radius 2 is 1.97 bits per heavy atom. The lowest BCUT2D eigenvalue weighted by Gasteiger charge is -2.28. The molecule has 2 fully saturated rings. The van der Waals surface area contributed by atoms with E-state index in [0.717, 1.165) is 12.8 Å². The zero-order chi connectivity index (χ0) is 22.9. The quantitative estimate of drug-likeness (QED) is 0.528. The van der Waals surface area contributed by atoms with Crippen molar-refractivity contribution in [1.82, 2.24) is 15.6 Å². The predicted molar refractivity (Wildman–Crippen MR) is 116 cm³/mol. The molecule has 2 amide bonds. The minimum atomic E-state index is -0.779. The molecule has 3 N–H and O–H groups in total. The van der Waals surface area contributed by atoms with Gasteiger partial charge in [-0.15, -0.1) is 0 Å². The molecule has 2 aromatic heterocycles. The van der Waals surface area contributed by atoms with Gasteiger partial charge in [0.15, 0.2) is 5.58 Å². The first-order valence-corrected chi connectivity index (χ1v) is 11.0. The molecule has 1 saturated carbocycles. The van der Waals surface area contributed by atoms with Crippen LogP contribution < -0.4 is 10.6 Å². The van der Waals surface area contributed by atoms with Crippen molar-refractivity contribution in [2.24, 2.45) is 0 Å². The average molecular weight is 453 g/mol. The van der Waals surface area contributed by atoms with E-state index in [9.17, 15) is 19.1 Å². The van der Waals surface area contributed by atoms with Crippen LogP contribution in [0.25, 0.3) is 11.1 Å². The van der Waals surface area contributed by atoms with E-state index in [2.05, 4.69) is 15.6 Å². The number of pyridine rings is 1. The molecule has 3 heterocycles. The number of benzene rings is 1. The van der Waals surface area contributed by atoms with Crippen LogP contribution in [0.2, 0.25) is 0 Å². The second-order valence-electron chi connectivity index (χ2n) is 8.55. The van der Waals surface area contributed by atoms with Crippen molar-refractivity contribution in [2.75, 3.05) is 13.2 Å². The van der Waals surface area contributed by atoms with Gasteiger partial charge in [-0.1, -0.05) is 6.07 Å². The third-order valence-electron chi connectivity index (χ3n) is 5.95. The molecule has 172 valence electrons. The number of nitrogens with zero attached hydrogens (tertiary/aromatic N) is 1. The molecule has 2 aliphatic rings. The van der Waals surface area contributed by atoms with Crippen LogP contribution in [0.15, 0.2) is 41.0 Å². The van der Waals surface area contributed by atoms with E-state index >= 15 is 0 Å². The fourth-order valence-corrected chi connectivity index (χ4v) is 3.97. The number of carbonyl (C=O) groups excluding carboxylic acids is 2. The summed E-state index contributed by atoms with van der Waals surface area (Å²) in [4.78, 5) is 29.4. The number of aliphatic hydroxyl groups excluding tert-OH is 1. The Bertz CT molecular complexity index is 1210. The largest absolute Gasteiger partial charge is 0.462 e. The lowest BCUT2D eigenvalue weighted by atomic mass is 10.0. The van der Waals surface area contributed by atoms with Crippen LogP contribution in [0, 0.1) is 5.82 Å². The Morgan fingerprint density at radius 1 is 1.12 bits per heavy atom. The van der Waals surface area contributed by atoms with Crippen LogP contribution in [0.3, 0.4) is 0 Å². The van der Waals surface area contributed by atoms with E-state index in [1.807, 2.05) is 0 Å². The third kappa shape index (κ3) is 4.74. The molecule has 1 saturated heterocycles. The number of nitrogens with one attached hydrogen (secondary N) is 2. The lowest BCUT2D eigenvalue weighted by molar-refractivity contribution is -0.0261. The number of aliphatic hydroxyl groups is 1. The SMILES string of the molecule is O=C(N[C@H]1CCOC[C@@H]1O)c1cc(Cc2ccc(C(=O)NC3CC3)c(F)c2)c2occc2n1. The second kappa shape index (κ2) is 8.92. The van der Waals surface area contributed by atoms with Gasteiger partial charge >= 0.3 is 0 Å². The van der Waals surface area contributed by atoms with E-state index in [0.29, 0.717) is 35.3 Å². The molecule has 0 unspecified atom stereocenters. The molecule has 1 aliphatic heterocycles. The number of hydrogen-bond donors (Lipinski definition) is 3. The highest BCUT2D eigenvalue weighted by Gasteiger charge is 2.27. The normalized spacial score (nSPS) is 20.5. The first-order chi connectivity index (χ1) is 16.0. The molecule has 2 atom stereocenters. The Kier molecular flexibility index (Phi) is 5.82. The average Bonchev–Trinajstić information content (AvgIpc) is 3.47. The maximum atomic E-state index is 14.6. The highest BCUT2D eigenvalue weighted by molar-refractivity contribution is 5.96. The molecule has 0 spiro atoms. The minimum absolute atomic E-state index is 0.0126. The molecular formula is C24H24FN3O5.